The number of rotatable bonds is 8. The molecule has 2 aliphatic heterocycles. The van der Waals surface area contributed by atoms with Crippen LogP contribution in [0.25, 0.3) is 0 Å². The Morgan fingerprint density at radius 2 is 1.13 bits per heavy atom. The molecule has 0 radical (unpaired) electrons. The molecule has 2 heterocycles. The summed E-state index contributed by atoms with van der Waals surface area (Å²) < 4.78 is 6.35. The van der Waals surface area contributed by atoms with Crippen LogP contribution in [0.5, 0.6) is 0 Å². The summed E-state index contributed by atoms with van der Waals surface area (Å²) in [6.07, 6.45) is 2.40. The topological polar surface area (TPSA) is 102 Å². The molecule has 2 atom stereocenters. The highest BCUT2D eigenvalue weighted by molar-refractivity contribution is 5.33. The summed E-state index contributed by atoms with van der Waals surface area (Å²) in [6, 6.07) is 13.5. The van der Waals surface area contributed by atoms with Gasteiger partial charge >= 0.3 is 0 Å². The Kier molecular flexibility index (Phi) is 6.55. The molecule has 0 bridgehead atoms. The van der Waals surface area contributed by atoms with Gasteiger partial charge in [0, 0.05) is 63.5 Å². The van der Waals surface area contributed by atoms with Gasteiger partial charge in [0.1, 0.15) is 0 Å². The van der Waals surface area contributed by atoms with Crippen LogP contribution < -0.4 is 0 Å². The highest BCUT2D eigenvalue weighted by Crippen LogP contribution is 2.23. The van der Waals surface area contributed by atoms with Gasteiger partial charge in [0.25, 0.3) is 11.4 Å². The highest BCUT2D eigenvalue weighted by atomic mass is 16.6. The van der Waals surface area contributed by atoms with E-state index in [9.17, 15) is 20.2 Å². The summed E-state index contributed by atoms with van der Waals surface area (Å²) in [5.74, 6) is 0. The van der Waals surface area contributed by atoms with Crippen LogP contribution in [0.2, 0.25) is 0 Å². The predicted octanol–water partition coefficient (Wildman–Crippen LogP) is 3.37. The van der Waals surface area contributed by atoms with Crippen LogP contribution >= 0.6 is 0 Å². The van der Waals surface area contributed by atoms with Crippen LogP contribution in [-0.2, 0) is 17.8 Å². The van der Waals surface area contributed by atoms with Crippen molar-refractivity contribution in [1.29, 1.82) is 0 Å². The number of hydrogen-bond donors (Lipinski definition) is 0. The lowest BCUT2D eigenvalue weighted by Gasteiger charge is -2.20. The van der Waals surface area contributed by atoms with E-state index in [1.807, 2.05) is 24.3 Å². The summed E-state index contributed by atoms with van der Waals surface area (Å²) in [5.41, 5.74) is 2.37. The Morgan fingerprint density at radius 1 is 0.742 bits per heavy atom. The van der Waals surface area contributed by atoms with Crippen molar-refractivity contribution in [3.8, 4) is 0 Å². The number of nitro groups is 2. The summed E-state index contributed by atoms with van der Waals surface area (Å²) in [7, 11) is 0. The van der Waals surface area contributed by atoms with Crippen molar-refractivity contribution in [2.24, 2.45) is 0 Å². The largest absolute Gasteiger partial charge is 0.372 e. The molecular formula is C22H26N4O5. The van der Waals surface area contributed by atoms with Gasteiger partial charge in [-0.15, -0.1) is 0 Å². The van der Waals surface area contributed by atoms with Crippen molar-refractivity contribution < 1.29 is 14.6 Å². The molecule has 2 saturated heterocycles. The van der Waals surface area contributed by atoms with Crippen molar-refractivity contribution in [2.75, 3.05) is 26.2 Å². The SMILES string of the molecule is O=[N+]([O-])c1ccc(CN2CCC(OC3CCN(Cc4ccc([N+](=O)[O-])cc4)C3)C2)cc1. The first kappa shape index (κ1) is 21.4. The van der Waals surface area contributed by atoms with E-state index in [2.05, 4.69) is 9.80 Å². The van der Waals surface area contributed by atoms with E-state index in [1.165, 1.54) is 0 Å². The van der Waals surface area contributed by atoms with Gasteiger partial charge in [-0.25, -0.2) is 0 Å². The highest BCUT2D eigenvalue weighted by Gasteiger charge is 2.30. The number of nitro benzene ring substituents is 2. The summed E-state index contributed by atoms with van der Waals surface area (Å²) >= 11 is 0. The second kappa shape index (κ2) is 9.51. The number of likely N-dealkylation sites (tertiary alicyclic amines) is 2. The van der Waals surface area contributed by atoms with E-state index in [0.717, 1.165) is 63.2 Å². The quantitative estimate of drug-likeness (QED) is 0.471. The minimum Gasteiger partial charge on any atom is -0.372 e. The van der Waals surface area contributed by atoms with Gasteiger partial charge in [-0.2, -0.15) is 0 Å². The molecule has 9 heteroatoms. The normalized spacial score (nSPS) is 22.1. The Morgan fingerprint density at radius 3 is 1.48 bits per heavy atom. The van der Waals surface area contributed by atoms with Crippen molar-refractivity contribution in [3.63, 3.8) is 0 Å². The molecule has 2 aliphatic rings. The number of ether oxygens (including phenoxy) is 1. The lowest BCUT2D eigenvalue weighted by Crippen LogP contribution is -2.29. The number of non-ortho nitro benzene ring substituents is 2. The first-order valence-electron chi connectivity index (χ1n) is 10.5. The van der Waals surface area contributed by atoms with Gasteiger partial charge in [0.2, 0.25) is 0 Å². The molecule has 164 valence electrons. The van der Waals surface area contributed by atoms with Gasteiger partial charge in [-0.05, 0) is 24.0 Å². The van der Waals surface area contributed by atoms with Crippen LogP contribution in [-0.4, -0.2) is 58.0 Å². The standard InChI is InChI=1S/C22H26N4O5/c27-25(28)19-5-1-17(2-6-19)13-23-11-9-21(15-23)31-22-10-12-24(16-22)14-18-3-7-20(8-4-18)26(29)30/h1-8,21-22H,9-16H2. The Labute approximate surface area is 180 Å². The van der Waals surface area contributed by atoms with E-state index in [1.54, 1.807) is 24.3 Å². The first-order chi connectivity index (χ1) is 15.0. The minimum absolute atomic E-state index is 0.117. The van der Waals surface area contributed by atoms with Crippen molar-refractivity contribution in [2.45, 2.75) is 38.1 Å². The molecule has 9 nitrogen and oxygen atoms in total. The van der Waals surface area contributed by atoms with E-state index in [0.29, 0.717) is 0 Å². The molecule has 4 rings (SSSR count). The zero-order valence-corrected chi connectivity index (χ0v) is 17.3. The fourth-order valence-electron chi connectivity index (χ4n) is 4.34. The van der Waals surface area contributed by atoms with Crippen LogP contribution in [0.3, 0.4) is 0 Å². The third-order valence-corrected chi connectivity index (χ3v) is 5.95. The van der Waals surface area contributed by atoms with Gasteiger partial charge in [0.15, 0.2) is 0 Å². The summed E-state index contributed by atoms with van der Waals surface area (Å²) in [5, 5.41) is 21.6. The van der Waals surface area contributed by atoms with Crippen molar-refractivity contribution in [1.82, 2.24) is 9.80 Å². The molecule has 31 heavy (non-hydrogen) atoms. The molecule has 2 aromatic carbocycles. The zero-order chi connectivity index (χ0) is 21.8. The maximum absolute atomic E-state index is 10.8. The second-order valence-corrected chi connectivity index (χ2v) is 8.27. The van der Waals surface area contributed by atoms with E-state index >= 15 is 0 Å². The monoisotopic (exact) mass is 426 g/mol. The fraction of sp³-hybridized carbons (Fsp3) is 0.455. The lowest BCUT2D eigenvalue weighted by molar-refractivity contribution is -0.385. The molecule has 2 unspecified atom stereocenters. The Hall–Kier alpha value is -2.88. The predicted molar refractivity (Wildman–Crippen MR) is 115 cm³/mol. The summed E-state index contributed by atoms with van der Waals surface area (Å²) in [4.78, 5) is 25.5. The van der Waals surface area contributed by atoms with E-state index < -0.39 is 0 Å². The molecular weight excluding hydrogens is 400 g/mol. The van der Waals surface area contributed by atoms with Gasteiger partial charge in [0.05, 0.1) is 22.1 Å². The molecule has 2 aromatic rings. The van der Waals surface area contributed by atoms with Crippen LogP contribution in [0.15, 0.2) is 48.5 Å². The number of nitrogens with zero attached hydrogens (tertiary/aromatic N) is 4. The van der Waals surface area contributed by atoms with Gasteiger partial charge < -0.3 is 4.74 Å². The fourth-order valence-corrected chi connectivity index (χ4v) is 4.34. The van der Waals surface area contributed by atoms with Crippen molar-refractivity contribution >= 4 is 11.4 Å². The maximum Gasteiger partial charge on any atom is 0.269 e. The van der Waals surface area contributed by atoms with Crippen LogP contribution in [0.1, 0.15) is 24.0 Å². The van der Waals surface area contributed by atoms with Crippen molar-refractivity contribution in [3.05, 3.63) is 79.9 Å². The first-order valence-corrected chi connectivity index (χ1v) is 10.5. The third kappa shape index (κ3) is 5.63. The molecule has 0 saturated carbocycles. The lowest BCUT2D eigenvalue weighted by atomic mass is 10.2. The molecule has 0 N–H and O–H groups in total. The molecule has 0 spiro atoms. The smallest absolute Gasteiger partial charge is 0.269 e. The van der Waals surface area contributed by atoms with E-state index in [-0.39, 0.29) is 33.4 Å². The average Bonchev–Trinajstić information content (AvgIpc) is 3.38. The van der Waals surface area contributed by atoms with Crippen LogP contribution in [0.4, 0.5) is 11.4 Å². The molecule has 0 amide bonds. The Bertz CT molecular complexity index is 843. The average molecular weight is 426 g/mol. The maximum atomic E-state index is 10.8. The number of hydrogen-bond acceptors (Lipinski definition) is 7. The van der Waals surface area contributed by atoms with E-state index in [4.69, 9.17) is 4.74 Å². The zero-order valence-electron chi connectivity index (χ0n) is 17.3. The van der Waals surface area contributed by atoms with Gasteiger partial charge in [-0.1, -0.05) is 24.3 Å². The second-order valence-electron chi connectivity index (χ2n) is 8.27. The van der Waals surface area contributed by atoms with Crippen LogP contribution in [0, 0.1) is 20.2 Å². The molecule has 2 fully saturated rings. The minimum atomic E-state index is -0.379. The Balaban J connectivity index is 1.21. The third-order valence-electron chi connectivity index (χ3n) is 5.95. The van der Waals surface area contributed by atoms with Gasteiger partial charge in [-0.3, -0.25) is 30.0 Å². The molecule has 0 aliphatic carbocycles. The number of benzene rings is 2. The summed E-state index contributed by atoms with van der Waals surface area (Å²) in [6.45, 7) is 5.21. The molecule has 0 aromatic heterocycles.